The van der Waals surface area contributed by atoms with Crippen LogP contribution < -0.4 is 16.0 Å². The van der Waals surface area contributed by atoms with Crippen molar-refractivity contribution in [3.05, 3.63) is 52.8 Å². The molecule has 0 radical (unpaired) electrons. The van der Waals surface area contributed by atoms with E-state index in [1.807, 2.05) is 0 Å². The largest absolute Gasteiger partial charge is 0.318 e. The number of benzene rings is 1. The Labute approximate surface area is 120 Å². The molecular formula is C11H11N5O4S. The van der Waals surface area contributed by atoms with Crippen LogP contribution >= 0.6 is 0 Å². The first-order valence-electron chi connectivity index (χ1n) is 5.62. The molecule has 1 aromatic carbocycles. The lowest BCUT2D eigenvalue weighted by molar-refractivity contribution is -0.384. The van der Waals surface area contributed by atoms with Crippen molar-refractivity contribution in [1.29, 1.82) is 0 Å². The fourth-order valence-electron chi connectivity index (χ4n) is 1.59. The Bertz CT molecular complexity index is 763. The van der Waals surface area contributed by atoms with E-state index in [1.165, 1.54) is 30.6 Å². The third-order valence-electron chi connectivity index (χ3n) is 2.55. The lowest BCUT2D eigenvalue weighted by Gasteiger charge is -2.08. The number of rotatable bonds is 5. The van der Waals surface area contributed by atoms with Crippen LogP contribution in [-0.2, 0) is 10.0 Å². The SMILES string of the molecule is NNc1ccc(S(=O)(=O)Nc2cccnc2)cc1[N+](=O)[O-]. The molecular weight excluding hydrogens is 298 g/mol. The van der Waals surface area contributed by atoms with E-state index in [0.717, 1.165) is 6.07 Å². The molecule has 1 aromatic heterocycles. The summed E-state index contributed by atoms with van der Waals surface area (Å²) >= 11 is 0. The highest BCUT2D eigenvalue weighted by atomic mass is 32.2. The Morgan fingerprint density at radius 1 is 1.29 bits per heavy atom. The van der Waals surface area contributed by atoms with Crippen molar-refractivity contribution in [2.75, 3.05) is 10.1 Å². The molecule has 21 heavy (non-hydrogen) atoms. The number of nitrogens with zero attached hydrogens (tertiary/aromatic N) is 2. The van der Waals surface area contributed by atoms with Gasteiger partial charge in [-0.3, -0.25) is 25.7 Å². The highest BCUT2D eigenvalue weighted by Gasteiger charge is 2.21. The van der Waals surface area contributed by atoms with Crippen LogP contribution in [0.15, 0.2) is 47.6 Å². The number of hydrogen-bond acceptors (Lipinski definition) is 7. The van der Waals surface area contributed by atoms with Gasteiger partial charge in [0.05, 0.1) is 21.7 Å². The van der Waals surface area contributed by atoms with Gasteiger partial charge in [0.15, 0.2) is 0 Å². The summed E-state index contributed by atoms with van der Waals surface area (Å²) in [5, 5.41) is 10.9. The molecule has 1 heterocycles. The van der Waals surface area contributed by atoms with Gasteiger partial charge in [0.25, 0.3) is 15.7 Å². The van der Waals surface area contributed by atoms with E-state index < -0.39 is 20.6 Å². The van der Waals surface area contributed by atoms with Gasteiger partial charge in [0, 0.05) is 12.3 Å². The average Bonchev–Trinajstić information content (AvgIpc) is 2.47. The lowest BCUT2D eigenvalue weighted by atomic mass is 10.3. The Morgan fingerprint density at radius 2 is 2.05 bits per heavy atom. The second kappa shape index (κ2) is 5.73. The van der Waals surface area contributed by atoms with Gasteiger partial charge in [-0.15, -0.1) is 0 Å². The molecule has 9 nitrogen and oxygen atoms in total. The average molecular weight is 309 g/mol. The third-order valence-corrected chi connectivity index (χ3v) is 3.92. The van der Waals surface area contributed by atoms with Gasteiger partial charge in [-0.25, -0.2) is 8.42 Å². The number of hydrazine groups is 1. The van der Waals surface area contributed by atoms with Gasteiger partial charge in [0.1, 0.15) is 5.69 Å². The molecule has 0 aliphatic carbocycles. The molecule has 2 aromatic rings. The predicted octanol–water partition coefficient (Wildman–Crippen LogP) is 1.08. The maximum atomic E-state index is 12.2. The summed E-state index contributed by atoms with van der Waals surface area (Å²) in [6, 6.07) is 6.42. The van der Waals surface area contributed by atoms with Crippen LogP contribution in [0.5, 0.6) is 0 Å². The number of nitrogen functional groups attached to an aromatic ring is 1. The Morgan fingerprint density at radius 3 is 2.62 bits per heavy atom. The number of nitrogens with one attached hydrogen (secondary N) is 2. The van der Waals surface area contributed by atoms with Gasteiger partial charge in [-0.1, -0.05) is 0 Å². The molecule has 0 aliphatic rings. The van der Waals surface area contributed by atoms with Gasteiger partial charge in [0.2, 0.25) is 0 Å². The molecule has 0 aliphatic heterocycles. The monoisotopic (exact) mass is 309 g/mol. The van der Waals surface area contributed by atoms with E-state index >= 15 is 0 Å². The number of pyridine rings is 1. The van der Waals surface area contributed by atoms with Crippen molar-refractivity contribution >= 4 is 27.1 Å². The zero-order valence-electron chi connectivity index (χ0n) is 10.6. The standard InChI is InChI=1S/C11H11N5O4S/c12-14-10-4-3-9(6-11(10)16(17)18)21(19,20)15-8-2-1-5-13-7-8/h1-7,14-15H,12H2. The molecule has 0 unspecified atom stereocenters. The number of nitrogens with two attached hydrogens (primary N) is 1. The van der Waals surface area contributed by atoms with Crippen molar-refractivity contribution in [3.8, 4) is 0 Å². The topological polar surface area (TPSA) is 140 Å². The Kier molecular flexibility index (Phi) is 4.00. The molecule has 10 heteroatoms. The van der Waals surface area contributed by atoms with E-state index in [0.29, 0.717) is 0 Å². The van der Waals surface area contributed by atoms with Gasteiger partial charge in [-0.2, -0.15) is 0 Å². The molecule has 4 N–H and O–H groups in total. The van der Waals surface area contributed by atoms with Crippen molar-refractivity contribution in [1.82, 2.24) is 4.98 Å². The molecule has 0 spiro atoms. The fourth-order valence-corrected chi connectivity index (χ4v) is 2.65. The molecule has 0 saturated heterocycles. The van der Waals surface area contributed by atoms with Crippen molar-refractivity contribution in [2.24, 2.45) is 5.84 Å². The highest BCUT2D eigenvalue weighted by Crippen LogP contribution is 2.27. The van der Waals surface area contributed by atoms with Gasteiger partial charge >= 0.3 is 0 Å². The van der Waals surface area contributed by atoms with Crippen molar-refractivity contribution in [2.45, 2.75) is 4.90 Å². The van der Waals surface area contributed by atoms with Crippen LogP contribution in [0, 0.1) is 10.1 Å². The summed E-state index contributed by atoms with van der Waals surface area (Å²) in [6.07, 6.45) is 2.81. The van der Waals surface area contributed by atoms with Gasteiger partial charge in [-0.05, 0) is 24.3 Å². The van der Waals surface area contributed by atoms with Crippen LogP contribution in [0.4, 0.5) is 17.1 Å². The Balaban J connectivity index is 2.41. The summed E-state index contributed by atoms with van der Waals surface area (Å²) in [4.78, 5) is 13.7. The van der Waals surface area contributed by atoms with Crippen molar-refractivity contribution < 1.29 is 13.3 Å². The smallest absolute Gasteiger partial charge is 0.295 e. The number of sulfonamides is 1. The van der Waals surface area contributed by atoms with Crippen LogP contribution in [0.25, 0.3) is 0 Å². The van der Waals surface area contributed by atoms with E-state index in [2.05, 4.69) is 15.1 Å². The van der Waals surface area contributed by atoms with Crippen LogP contribution in [0.1, 0.15) is 0 Å². The zero-order chi connectivity index (χ0) is 15.5. The number of nitro benzene ring substituents is 1. The van der Waals surface area contributed by atoms with E-state index in [-0.39, 0.29) is 16.3 Å². The first-order valence-corrected chi connectivity index (χ1v) is 7.10. The molecule has 0 fully saturated rings. The minimum absolute atomic E-state index is 0.0142. The number of nitro groups is 1. The highest BCUT2D eigenvalue weighted by molar-refractivity contribution is 7.92. The molecule has 0 saturated carbocycles. The summed E-state index contributed by atoms with van der Waals surface area (Å²) in [5.41, 5.74) is 1.97. The van der Waals surface area contributed by atoms with Crippen LogP contribution in [-0.4, -0.2) is 18.3 Å². The molecule has 110 valence electrons. The second-order valence-corrected chi connectivity index (χ2v) is 5.61. The summed E-state index contributed by atoms with van der Waals surface area (Å²) in [7, 11) is -3.96. The van der Waals surface area contributed by atoms with E-state index in [1.54, 1.807) is 6.07 Å². The number of hydrogen-bond donors (Lipinski definition) is 3. The predicted molar refractivity (Wildman–Crippen MR) is 76.0 cm³/mol. The normalized spacial score (nSPS) is 10.9. The number of anilines is 2. The maximum Gasteiger partial charge on any atom is 0.295 e. The second-order valence-electron chi connectivity index (χ2n) is 3.93. The third kappa shape index (κ3) is 3.24. The summed E-state index contributed by atoms with van der Waals surface area (Å²) in [6.45, 7) is 0. The Hall–Kier alpha value is -2.72. The van der Waals surface area contributed by atoms with Gasteiger partial charge < -0.3 is 5.43 Å². The van der Waals surface area contributed by atoms with Crippen LogP contribution in [0.3, 0.4) is 0 Å². The fraction of sp³-hybridized carbons (Fsp3) is 0. The summed E-state index contributed by atoms with van der Waals surface area (Å²) in [5.74, 6) is 5.14. The summed E-state index contributed by atoms with van der Waals surface area (Å²) < 4.78 is 26.6. The zero-order valence-corrected chi connectivity index (χ0v) is 11.4. The minimum atomic E-state index is -3.96. The first-order chi connectivity index (χ1) is 9.94. The molecule has 0 atom stereocenters. The first kappa shape index (κ1) is 14.7. The number of aromatic nitrogens is 1. The van der Waals surface area contributed by atoms with Crippen molar-refractivity contribution in [3.63, 3.8) is 0 Å². The molecule has 0 bridgehead atoms. The quantitative estimate of drug-likeness (QED) is 0.426. The van der Waals surface area contributed by atoms with E-state index in [9.17, 15) is 18.5 Å². The molecule has 2 rings (SSSR count). The minimum Gasteiger partial charge on any atom is -0.318 e. The van der Waals surface area contributed by atoms with Crippen LogP contribution in [0.2, 0.25) is 0 Å². The lowest BCUT2D eigenvalue weighted by Crippen LogP contribution is -2.14. The maximum absolute atomic E-state index is 12.2. The van der Waals surface area contributed by atoms with E-state index in [4.69, 9.17) is 5.84 Å². The molecule has 0 amide bonds.